The van der Waals surface area contributed by atoms with E-state index >= 15 is 0 Å². The first-order valence-corrected chi connectivity index (χ1v) is 9.81. The molecule has 0 fully saturated rings. The maximum absolute atomic E-state index is 10.9. The van der Waals surface area contributed by atoms with Crippen LogP contribution in [0.1, 0.15) is 5.56 Å². The molecular formula is C27H19NO2. The van der Waals surface area contributed by atoms with Crippen molar-refractivity contribution in [1.82, 2.24) is 4.57 Å². The Morgan fingerprint density at radius 1 is 0.767 bits per heavy atom. The monoisotopic (exact) mass is 389 g/mol. The van der Waals surface area contributed by atoms with Crippen molar-refractivity contribution in [2.75, 3.05) is 0 Å². The van der Waals surface area contributed by atoms with E-state index in [1.165, 1.54) is 22.2 Å². The van der Waals surface area contributed by atoms with Crippen molar-refractivity contribution in [3.05, 3.63) is 109 Å². The van der Waals surface area contributed by atoms with Crippen molar-refractivity contribution in [3.8, 4) is 16.9 Å². The maximum atomic E-state index is 10.9. The predicted octanol–water partition coefficient (Wildman–Crippen LogP) is 6.55. The molecule has 0 bridgehead atoms. The summed E-state index contributed by atoms with van der Waals surface area (Å²) < 4.78 is 2.25. The lowest BCUT2D eigenvalue weighted by atomic mass is 10.1. The van der Waals surface area contributed by atoms with Crippen molar-refractivity contribution in [2.24, 2.45) is 0 Å². The molecule has 0 aliphatic heterocycles. The number of nitrogens with zero attached hydrogens (tertiary/aromatic N) is 1. The first-order valence-electron chi connectivity index (χ1n) is 9.81. The fraction of sp³-hybridized carbons (Fsp3) is 0. The second kappa shape index (κ2) is 7.37. The summed E-state index contributed by atoms with van der Waals surface area (Å²) in [7, 11) is 0. The van der Waals surface area contributed by atoms with Crippen molar-refractivity contribution >= 4 is 33.7 Å². The van der Waals surface area contributed by atoms with Crippen LogP contribution in [0.2, 0.25) is 0 Å². The molecule has 0 amide bonds. The zero-order valence-electron chi connectivity index (χ0n) is 16.2. The van der Waals surface area contributed by atoms with Gasteiger partial charge in [-0.2, -0.15) is 0 Å². The van der Waals surface area contributed by atoms with Gasteiger partial charge in [0.25, 0.3) is 0 Å². The molecule has 3 nitrogen and oxygen atoms in total. The van der Waals surface area contributed by atoms with Crippen LogP contribution in [-0.4, -0.2) is 15.6 Å². The van der Waals surface area contributed by atoms with E-state index in [2.05, 4.69) is 65.2 Å². The zero-order chi connectivity index (χ0) is 20.5. The van der Waals surface area contributed by atoms with Crippen LogP contribution in [0.5, 0.6) is 0 Å². The van der Waals surface area contributed by atoms with Crippen molar-refractivity contribution < 1.29 is 9.90 Å². The highest BCUT2D eigenvalue weighted by Gasteiger charge is 2.14. The van der Waals surface area contributed by atoms with E-state index < -0.39 is 5.97 Å². The summed E-state index contributed by atoms with van der Waals surface area (Å²) in [5, 5.41) is 12.6. The standard InChI is InChI=1S/C27H19NO2/c29-27(30)16-13-19-7-6-11-22(17-19)28-25-15-14-20-8-4-5-12-23(20)24(25)18-26(28)21-9-2-1-3-10-21/h1-18H,(H,29,30). The Labute approximate surface area is 174 Å². The number of benzene rings is 4. The second-order valence-electron chi connectivity index (χ2n) is 7.22. The number of carboxylic acids is 1. The second-order valence-corrected chi connectivity index (χ2v) is 7.22. The average Bonchev–Trinajstić information content (AvgIpc) is 3.19. The molecule has 0 aliphatic rings. The summed E-state index contributed by atoms with van der Waals surface area (Å²) in [6.45, 7) is 0. The minimum absolute atomic E-state index is 0.844. The Morgan fingerprint density at radius 3 is 2.40 bits per heavy atom. The van der Waals surface area contributed by atoms with Gasteiger partial charge in [-0.25, -0.2) is 4.79 Å². The fourth-order valence-corrected chi connectivity index (χ4v) is 4.00. The molecule has 0 atom stereocenters. The number of aliphatic carboxylic acids is 1. The molecule has 0 saturated carbocycles. The molecule has 0 aliphatic carbocycles. The van der Waals surface area contributed by atoms with Gasteiger partial charge in [-0.1, -0.05) is 72.8 Å². The van der Waals surface area contributed by atoms with Crippen LogP contribution in [0.15, 0.2) is 103 Å². The van der Waals surface area contributed by atoms with Gasteiger partial charge < -0.3 is 9.67 Å². The minimum atomic E-state index is -0.955. The normalized spacial score (nSPS) is 11.5. The van der Waals surface area contributed by atoms with Gasteiger partial charge in [0.05, 0.1) is 11.2 Å². The smallest absolute Gasteiger partial charge is 0.328 e. The van der Waals surface area contributed by atoms with Crippen molar-refractivity contribution in [3.63, 3.8) is 0 Å². The first kappa shape index (κ1) is 18.0. The number of fused-ring (bicyclic) bond motifs is 3. The lowest BCUT2D eigenvalue weighted by Crippen LogP contribution is -1.97. The maximum Gasteiger partial charge on any atom is 0.328 e. The number of hydrogen-bond donors (Lipinski definition) is 1. The minimum Gasteiger partial charge on any atom is -0.478 e. The number of carbonyl (C=O) groups is 1. The van der Waals surface area contributed by atoms with E-state index in [4.69, 9.17) is 5.11 Å². The molecule has 3 heteroatoms. The van der Waals surface area contributed by atoms with E-state index in [-0.39, 0.29) is 0 Å². The molecule has 0 radical (unpaired) electrons. The average molecular weight is 389 g/mol. The van der Waals surface area contributed by atoms with E-state index in [1.807, 2.05) is 36.4 Å². The summed E-state index contributed by atoms with van der Waals surface area (Å²) in [5.74, 6) is -0.955. The van der Waals surface area contributed by atoms with Gasteiger partial charge in [0, 0.05) is 17.1 Å². The molecule has 0 saturated heterocycles. The highest BCUT2D eigenvalue weighted by Crippen LogP contribution is 2.35. The van der Waals surface area contributed by atoms with Crippen LogP contribution in [0.4, 0.5) is 0 Å². The molecule has 144 valence electrons. The summed E-state index contributed by atoms with van der Waals surface area (Å²) >= 11 is 0. The first-order chi connectivity index (χ1) is 14.7. The third-order valence-corrected chi connectivity index (χ3v) is 5.33. The van der Waals surface area contributed by atoms with E-state index in [9.17, 15) is 4.79 Å². The Hall–Kier alpha value is -4.11. The third kappa shape index (κ3) is 3.16. The largest absolute Gasteiger partial charge is 0.478 e. The molecule has 30 heavy (non-hydrogen) atoms. The van der Waals surface area contributed by atoms with Gasteiger partial charge in [0.2, 0.25) is 0 Å². The third-order valence-electron chi connectivity index (χ3n) is 5.33. The lowest BCUT2D eigenvalue weighted by molar-refractivity contribution is -0.131. The predicted molar refractivity (Wildman–Crippen MR) is 123 cm³/mol. The zero-order valence-corrected chi connectivity index (χ0v) is 16.2. The molecule has 1 N–H and O–H groups in total. The van der Waals surface area contributed by atoms with E-state index in [1.54, 1.807) is 6.08 Å². The SMILES string of the molecule is O=C(O)C=Cc1cccc(-n2c(-c3ccccc3)cc3c4ccccc4ccc32)c1. The number of aromatic nitrogens is 1. The summed E-state index contributed by atoms with van der Waals surface area (Å²) in [4.78, 5) is 10.9. The molecule has 1 aromatic heterocycles. The van der Waals surface area contributed by atoms with Crippen LogP contribution in [0.3, 0.4) is 0 Å². The Balaban J connectivity index is 1.81. The molecule has 5 rings (SSSR count). The van der Waals surface area contributed by atoms with Gasteiger partial charge in [-0.05, 0) is 52.2 Å². The molecule has 0 spiro atoms. The van der Waals surface area contributed by atoms with Crippen LogP contribution < -0.4 is 0 Å². The Morgan fingerprint density at radius 2 is 1.57 bits per heavy atom. The molecular weight excluding hydrogens is 370 g/mol. The highest BCUT2D eigenvalue weighted by atomic mass is 16.4. The summed E-state index contributed by atoms with van der Waals surface area (Å²) in [6.07, 6.45) is 2.79. The van der Waals surface area contributed by atoms with Crippen LogP contribution in [0, 0.1) is 0 Å². The topological polar surface area (TPSA) is 42.2 Å². The fourth-order valence-electron chi connectivity index (χ4n) is 4.00. The van der Waals surface area contributed by atoms with Gasteiger partial charge in [-0.3, -0.25) is 0 Å². The van der Waals surface area contributed by atoms with Crippen LogP contribution in [0.25, 0.3) is 44.7 Å². The van der Waals surface area contributed by atoms with Crippen LogP contribution >= 0.6 is 0 Å². The van der Waals surface area contributed by atoms with Crippen molar-refractivity contribution in [2.45, 2.75) is 0 Å². The summed E-state index contributed by atoms with van der Waals surface area (Å²) in [6, 6.07) is 33.2. The number of rotatable bonds is 4. The van der Waals surface area contributed by atoms with Gasteiger partial charge >= 0.3 is 5.97 Å². The molecule has 5 aromatic rings. The summed E-state index contributed by atoms with van der Waals surface area (Å²) in [5.41, 5.74) is 5.18. The van der Waals surface area contributed by atoms with E-state index in [0.717, 1.165) is 28.0 Å². The quantitative estimate of drug-likeness (QED) is 0.354. The van der Waals surface area contributed by atoms with Gasteiger partial charge in [-0.15, -0.1) is 0 Å². The molecule has 1 heterocycles. The highest BCUT2D eigenvalue weighted by molar-refractivity contribution is 6.09. The van der Waals surface area contributed by atoms with E-state index in [0.29, 0.717) is 0 Å². The molecule has 4 aromatic carbocycles. The Kier molecular flexibility index (Phi) is 4.41. The molecule has 0 unspecified atom stereocenters. The van der Waals surface area contributed by atoms with Crippen molar-refractivity contribution in [1.29, 1.82) is 0 Å². The van der Waals surface area contributed by atoms with Gasteiger partial charge in [0.1, 0.15) is 0 Å². The lowest BCUT2D eigenvalue weighted by Gasteiger charge is -2.12. The van der Waals surface area contributed by atoms with Crippen LogP contribution in [-0.2, 0) is 4.79 Å². The number of hydrogen-bond acceptors (Lipinski definition) is 1. The Bertz CT molecular complexity index is 1410. The number of carboxylic acid groups (broad SMARTS) is 1. The van der Waals surface area contributed by atoms with Gasteiger partial charge in [0.15, 0.2) is 0 Å².